The first-order valence-electron chi connectivity index (χ1n) is 8.39. The van der Waals surface area contributed by atoms with Crippen molar-refractivity contribution in [1.29, 1.82) is 0 Å². The van der Waals surface area contributed by atoms with E-state index in [9.17, 15) is 9.90 Å². The van der Waals surface area contributed by atoms with Crippen LogP contribution in [0.5, 0.6) is 5.75 Å². The van der Waals surface area contributed by atoms with Crippen molar-refractivity contribution in [1.82, 2.24) is 10.6 Å². The average Bonchev–Trinajstić information content (AvgIpc) is 2.60. The number of piperidine rings is 1. The van der Waals surface area contributed by atoms with E-state index in [2.05, 4.69) is 17.6 Å². The molecule has 0 aliphatic carbocycles. The van der Waals surface area contributed by atoms with E-state index in [0.717, 1.165) is 18.7 Å². The lowest BCUT2D eigenvalue weighted by atomic mass is 9.85. The molecule has 1 heterocycles. The second kappa shape index (κ2) is 10.5. The summed E-state index contributed by atoms with van der Waals surface area (Å²) in [6, 6.07) is 7.27. The Morgan fingerprint density at radius 3 is 2.96 bits per heavy atom. The zero-order valence-electron chi connectivity index (χ0n) is 14.5. The summed E-state index contributed by atoms with van der Waals surface area (Å²) >= 11 is 0. The van der Waals surface area contributed by atoms with Crippen molar-refractivity contribution >= 4 is 18.3 Å². The highest BCUT2D eigenvalue weighted by molar-refractivity contribution is 5.85. The van der Waals surface area contributed by atoms with E-state index in [-0.39, 0.29) is 24.9 Å². The van der Waals surface area contributed by atoms with E-state index < -0.39 is 6.10 Å². The molecule has 0 spiro atoms. The third-order valence-electron chi connectivity index (χ3n) is 4.62. The lowest BCUT2D eigenvalue weighted by Gasteiger charge is -2.28. The number of benzene rings is 1. The minimum atomic E-state index is -0.722. The van der Waals surface area contributed by atoms with E-state index in [1.807, 2.05) is 18.2 Å². The van der Waals surface area contributed by atoms with Crippen LogP contribution in [0.4, 0.5) is 0 Å². The van der Waals surface area contributed by atoms with Crippen LogP contribution in [0.15, 0.2) is 24.3 Å². The summed E-state index contributed by atoms with van der Waals surface area (Å²) in [5, 5.41) is 16.4. The van der Waals surface area contributed by atoms with E-state index >= 15 is 0 Å². The Morgan fingerprint density at radius 1 is 1.50 bits per heavy atom. The van der Waals surface area contributed by atoms with Crippen molar-refractivity contribution in [3.63, 3.8) is 0 Å². The van der Waals surface area contributed by atoms with Gasteiger partial charge in [-0.2, -0.15) is 0 Å². The van der Waals surface area contributed by atoms with E-state index in [1.54, 1.807) is 13.2 Å². The van der Waals surface area contributed by atoms with Crippen molar-refractivity contribution in [2.24, 2.45) is 11.8 Å². The quantitative estimate of drug-likeness (QED) is 0.701. The van der Waals surface area contributed by atoms with Crippen LogP contribution in [0.2, 0.25) is 0 Å². The van der Waals surface area contributed by atoms with E-state index in [4.69, 9.17) is 4.74 Å². The van der Waals surface area contributed by atoms with Crippen LogP contribution in [-0.2, 0) is 4.79 Å². The van der Waals surface area contributed by atoms with E-state index in [1.165, 1.54) is 12.8 Å². The third kappa shape index (κ3) is 6.30. The molecule has 6 heteroatoms. The molecule has 3 atom stereocenters. The van der Waals surface area contributed by atoms with Crippen LogP contribution in [0.25, 0.3) is 0 Å². The predicted molar refractivity (Wildman–Crippen MR) is 97.6 cm³/mol. The van der Waals surface area contributed by atoms with Crippen molar-refractivity contribution in [2.45, 2.75) is 32.3 Å². The Bertz CT molecular complexity index is 507. The summed E-state index contributed by atoms with van der Waals surface area (Å²) in [7, 11) is 1.59. The molecule has 0 saturated carbocycles. The highest BCUT2D eigenvalue weighted by Gasteiger charge is 2.22. The number of hydrogen-bond acceptors (Lipinski definition) is 4. The van der Waals surface area contributed by atoms with Crippen LogP contribution in [0, 0.1) is 11.8 Å². The maximum absolute atomic E-state index is 12.1. The Hall–Kier alpha value is -1.30. The first-order chi connectivity index (χ1) is 11.1. The summed E-state index contributed by atoms with van der Waals surface area (Å²) in [4.78, 5) is 12.1. The fraction of sp³-hybridized carbons (Fsp3) is 0.611. The van der Waals surface area contributed by atoms with Gasteiger partial charge in [0.25, 0.3) is 0 Å². The van der Waals surface area contributed by atoms with Crippen LogP contribution in [-0.4, -0.2) is 37.8 Å². The molecule has 24 heavy (non-hydrogen) atoms. The van der Waals surface area contributed by atoms with Gasteiger partial charge in [0.1, 0.15) is 5.75 Å². The summed E-state index contributed by atoms with van der Waals surface area (Å²) in [6.07, 6.45) is 2.16. The molecule has 0 bridgehead atoms. The lowest BCUT2D eigenvalue weighted by molar-refractivity contribution is -0.122. The Balaban J connectivity index is 0.00000288. The van der Waals surface area contributed by atoms with Crippen LogP contribution < -0.4 is 15.4 Å². The minimum absolute atomic E-state index is 0. The molecule has 1 amide bonds. The zero-order valence-corrected chi connectivity index (χ0v) is 15.3. The molecule has 5 nitrogen and oxygen atoms in total. The van der Waals surface area contributed by atoms with Crippen LogP contribution in [0.3, 0.4) is 0 Å². The number of methoxy groups -OCH3 is 1. The molecule has 2 rings (SSSR count). The van der Waals surface area contributed by atoms with Gasteiger partial charge in [0.2, 0.25) is 5.91 Å². The molecule has 1 fully saturated rings. The lowest BCUT2D eigenvalue weighted by Crippen LogP contribution is -2.36. The largest absolute Gasteiger partial charge is 0.497 e. The fourth-order valence-electron chi connectivity index (χ4n) is 3.07. The first-order valence-corrected chi connectivity index (χ1v) is 8.39. The van der Waals surface area contributed by atoms with Crippen LogP contribution >= 0.6 is 12.4 Å². The Kier molecular flexibility index (Phi) is 9.11. The van der Waals surface area contributed by atoms with Gasteiger partial charge in [-0.25, -0.2) is 0 Å². The summed E-state index contributed by atoms with van der Waals surface area (Å²) in [5.41, 5.74) is 0.745. The molecule has 1 aromatic rings. The Labute approximate surface area is 150 Å². The Morgan fingerprint density at radius 2 is 2.29 bits per heavy atom. The number of rotatable bonds is 7. The molecule has 1 aliphatic heterocycles. The molecule has 0 radical (unpaired) electrons. The minimum Gasteiger partial charge on any atom is -0.497 e. The monoisotopic (exact) mass is 356 g/mol. The van der Waals surface area contributed by atoms with Gasteiger partial charge in [-0.3, -0.25) is 4.79 Å². The molecule has 1 aromatic carbocycles. The average molecular weight is 357 g/mol. The number of carbonyl (C=O) groups is 1. The summed E-state index contributed by atoms with van der Waals surface area (Å²) in [5.74, 6) is 1.63. The molecular formula is C18H29ClN2O3. The normalized spacial score (nSPS) is 19.7. The topological polar surface area (TPSA) is 70.6 Å². The second-order valence-electron chi connectivity index (χ2n) is 6.38. The SMILES string of the molecule is COc1cccc(C(O)CNC(=O)CC(C)C2CCCNC2)c1.Cl. The van der Waals surface area contributed by atoms with Crippen molar-refractivity contribution in [3.05, 3.63) is 29.8 Å². The fourth-order valence-corrected chi connectivity index (χ4v) is 3.07. The smallest absolute Gasteiger partial charge is 0.220 e. The number of aliphatic hydroxyl groups excluding tert-OH is 1. The number of ether oxygens (including phenoxy) is 1. The first kappa shape index (κ1) is 20.7. The maximum atomic E-state index is 12.1. The number of halogens is 1. The number of nitrogens with one attached hydrogen (secondary N) is 2. The number of carbonyl (C=O) groups excluding carboxylic acids is 1. The van der Waals surface area contributed by atoms with Crippen molar-refractivity contribution in [3.8, 4) is 5.75 Å². The maximum Gasteiger partial charge on any atom is 0.220 e. The zero-order chi connectivity index (χ0) is 16.7. The molecule has 3 unspecified atom stereocenters. The van der Waals surface area contributed by atoms with Crippen LogP contribution in [0.1, 0.15) is 37.9 Å². The third-order valence-corrected chi connectivity index (χ3v) is 4.62. The molecule has 3 N–H and O–H groups in total. The highest BCUT2D eigenvalue weighted by atomic mass is 35.5. The number of aliphatic hydroxyl groups is 1. The number of hydrogen-bond donors (Lipinski definition) is 3. The molecular weight excluding hydrogens is 328 g/mol. The van der Waals surface area contributed by atoms with Gasteiger partial charge in [-0.15, -0.1) is 12.4 Å². The predicted octanol–water partition coefficient (Wildman–Crippen LogP) is 2.29. The van der Waals surface area contributed by atoms with Gasteiger partial charge in [0.15, 0.2) is 0 Å². The molecule has 136 valence electrons. The van der Waals surface area contributed by atoms with Gasteiger partial charge in [-0.05, 0) is 55.5 Å². The second-order valence-corrected chi connectivity index (χ2v) is 6.38. The number of amides is 1. The van der Waals surface area contributed by atoms with Gasteiger partial charge in [0, 0.05) is 13.0 Å². The van der Waals surface area contributed by atoms with Crippen molar-refractivity contribution < 1.29 is 14.6 Å². The molecule has 1 saturated heterocycles. The molecule has 0 aromatic heterocycles. The van der Waals surface area contributed by atoms with Gasteiger partial charge in [0.05, 0.1) is 13.2 Å². The van der Waals surface area contributed by atoms with E-state index in [0.29, 0.717) is 24.0 Å². The molecule has 1 aliphatic rings. The van der Waals surface area contributed by atoms with Crippen molar-refractivity contribution in [2.75, 3.05) is 26.7 Å². The standard InChI is InChI=1S/C18H28N2O3.ClH/c1-13(15-6-4-8-19-11-15)9-18(22)20-12-17(21)14-5-3-7-16(10-14)23-2;/h3,5,7,10,13,15,17,19,21H,4,6,8-9,11-12H2,1-2H3,(H,20,22);1H. The van der Waals surface area contributed by atoms with Gasteiger partial charge < -0.3 is 20.5 Å². The summed E-state index contributed by atoms with van der Waals surface area (Å²) < 4.78 is 5.15. The highest BCUT2D eigenvalue weighted by Crippen LogP contribution is 2.22. The van der Waals surface area contributed by atoms with Gasteiger partial charge in [-0.1, -0.05) is 19.1 Å². The summed E-state index contributed by atoms with van der Waals surface area (Å²) in [6.45, 7) is 4.44. The van der Waals surface area contributed by atoms with Gasteiger partial charge >= 0.3 is 0 Å².